The summed E-state index contributed by atoms with van der Waals surface area (Å²) in [5.41, 5.74) is 0.729. The Morgan fingerprint density at radius 1 is 0.917 bits per heavy atom. The zero-order chi connectivity index (χ0) is 17.3. The monoisotopic (exact) mass is 330 g/mol. The number of aliphatic hydroxyl groups excluding tert-OH is 1. The predicted molar refractivity (Wildman–Crippen MR) is 81.3 cm³/mol. The number of carbonyl (C=O) groups is 2. The number of carboxylic acid groups (broad SMARTS) is 2. The van der Waals surface area contributed by atoms with Gasteiger partial charge in [-0.05, 0) is 35.4 Å². The molecular weight excluding hydrogens is 316 g/mol. The highest BCUT2D eigenvalue weighted by Gasteiger charge is 2.31. The van der Waals surface area contributed by atoms with Crippen LogP contribution in [0.5, 0.6) is 11.5 Å². The minimum Gasteiger partial charge on any atom is -0.481 e. The first-order chi connectivity index (χ1) is 11.5. The molecule has 2 aromatic carbocycles. The molecule has 0 aromatic heterocycles. The van der Waals surface area contributed by atoms with Crippen molar-refractivity contribution in [2.24, 2.45) is 0 Å². The van der Waals surface area contributed by atoms with Gasteiger partial charge >= 0.3 is 11.9 Å². The summed E-state index contributed by atoms with van der Waals surface area (Å²) >= 11 is 0. The molecule has 0 bridgehead atoms. The first-order valence-corrected chi connectivity index (χ1v) is 7.11. The number of aliphatic hydroxyl groups is 1. The molecule has 2 aromatic rings. The molecule has 0 radical (unpaired) electrons. The SMILES string of the molecule is O=C(O)c1ccc(C(O)C(C(=O)O)c2ccc3c(c2)OCO3)cc1. The first kappa shape index (κ1) is 15.8. The number of aliphatic carboxylic acids is 1. The van der Waals surface area contributed by atoms with E-state index in [1.807, 2.05) is 0 Å². The number of benzene rings is 2. The zero-order valence-corrected chi connectivity index (χ0v) is 12.4. The van der Waals surface area contributed by atoms with Crippen molar-refractivity contribution in [1.29, 1.82) is 0 Å². The fourth-order valence-electron chi connectivity index (χ4n) is 2.58. The topological polar surface area (TPSA) is 113 Å². The molecule has 0 spiro atoms. The maximum absolute atomic E-state index is 11.7. The molecule has 7 heteroatoms. The number of rotatable bonds is 5. The van der Waals surface area contributed by atoms with Crippen LogP contribution in [-0.2, 0) is 4.79 Å². The summed E-state index contributed by atoms with van der Waals surface area (Å²) in [6.07, 6.45) is -1.34. The van der Waals surface area contributed by atoms with Crippen LogP contribution < -0.4 is 9.47 Å². The van der Waals surface area contributed by atoms with E-state index in [-0.39, 0.29) is 12.4 Å². The number of carboxylic acids is 2. The van der Waals surface area contributed by atoms with Crippen LogP contribution in [0.15, 0.2) is 42.5 Å². The summed E-state index contributed by atoms with van der Waals surface area (Å²) < 4.78 is 10.4. The summed E-state index contributed by atoms with van der Waals surface area (Å²) in [4.78, 5) is 22.5. The van der Waals surface area contributed by atoms with Crippen LogP contribution in [0.4, 0.5) is 0 Å². The fraction of sp³-hybridized carbons (Fsp3) is 0.176. The molecule has 0 fully saturated rings. The normalized spacial score (nSPS) is 14.9. The summed E-state index contributed by atoms with van der Waals surface area (Å²) in [6.45, 7) is 0.0652. The highest BCUT2D eigenvalue weighted by atomic mass is 16.7. The van der Waals surface area contributed by atoms with E-state index in [0.717, 1.165) is 0 Å². The highest BCUT2D eigenvalue weighted by Crippen LogP contribution is 2.38. The van der Waals surface area contributed by atoms with Crippen molar-refractivity contribution < 1.29 is 34.4 Å². The summed E-state index contributed by atoms with van der Waals surface area (Å²) in [5.74, 6) is -2.59. The second-order valence-corrected chi connectivity index (χ2v) is 5.30. The van der Waals surface area contributed by atoms with Gasteiger partial charge in [0.2, 0.25) is 6.79 Å². The molecule has 1 aliphatic heterocycles. The van der Waals surface area contributed by atoms with Gasteiger partial charge in [-0.25, -0.2) is 4.79 Å². The van der Waals surface area contributed by atoms with E-state index in [1.54, 1.807) is 12.1 Å². The quantitative estimate of drug-likeness (QED) is 0.768. The van der Waals surface area contributed by atoms with E-state index >= 15 is 0 Å². The van der Waals surface area contributed by atoms with E-state index < -0.39 is 24.0 Å². The Kier molecular flexibility index (Phi) is 4.09. The largest absolute Gasteiger partial charge is 0.481 e. The van der Waals surface area contributed by atoms with E-state index in [1.165, 1.54) is 30.3 Å². The molecule has 3 N–H and O–H groups in total. The maximum atomic E-state index is 11.7. The molecule has 7 nitrogen and oxygen atoms in total. The van der Waals surface area contributed by atoms with Gasteiger partial charge in [0.05, 0.1) is 11.7 Å². The number of ether oxygens (including phenoxy) is 2. The molecule has 0 saturated carbocycles. The summed E-state index contributed by atoms with van der Waals surface area (Å²) in [6, 6.07) is 10.1. The van der Waals surface area contributed by atoms with Crippen LogP contribution in [-0.4, -0.2) is 34.1 Å². The van der Waals surface area contributed by atoms with Crippen molar-refractivity contribution in [2.45, 2.75) is 12.0 Å². The van der Waals surface area contributed by atoms with Crippen LogP contribution in [0.1, 0.15) is 33.5 Å². The second-order valence-electron chi connectivity index (χ2n) is 5.30. The molecule has 0 saturated heterocycles. The average Bonchev–Trinajstić information content (AvgIpc) is 3.02. The van der Waals surface area contributed by atoms with E-state index in [2.05, 4.69) is 0 Å². The van der Waals surface area contributed by atoms with E-state index in [9.17, 15) is 19.8 Å². The van der Waals surface area contributed by atoms with Gasteiger partial charge in [-0.1, -0.05) is 18.2 Å². The van der Waals surface area contributed by atoms with Crippen LogP contribution in [0.2, 0.25) is 0 Å². The third-order valence-corrected chi connectivity index (χ3v) is 3.84. The van der Waals surface area contributed by atoms with Gasteiger partial charge in [0, 0.05) is 0 Å². The lowest BCUT2D eigenvalue weighted by Crippen LogP contribution is -2.20. The maximum Gasteiger partial charge on any atom is 0.335 e. The summed E-state index contributed by atoms with van der Waals surface area (Å²) in [7, 11) is 0. The van der Waals surface area contributed by atoms with Gasteiger partial charge in [-0.15, -0.1) is 0 Å². The second kappa shape index (κ2) is 6.21. The van der Waals surface area contributed by atoms with Gasteiger partial charge < -0.3 is 24.8 Å². The number of hydrogen-bond acceptors (Lipinski definition) is 5. The highest BCUT2D eigenvalue weighted by molar-refractivity contribution is 5.87. The number of hydrogen-bond donors (Lipinski definition) is 3. The molecular formula is C17H14O7. The summed E-state index contributed by atoms with van der Waals surface area (Å²) in [5, 5.41) is 28.9. The Morgan fingerprint density at radius 3 is 2.17 bits per heavy atom. The molecule has 2 atom stereocenters. The van der Waals surface area contributed by atoms with Crippen LogP contribution in [0, 0.1) is 0 Å². The molecule has 1 heterocycles. The Morgan fingerprint density at radius 2 is 1.54 bits per heavy atom. The van der Waals surface area contributed by atoms with Crippen LogP contribution >= 0.6 is 0 Å². The Balaban J connectivity index is 1.92. The van der Waals surface area contributed by atoms with Crippen molar-refractivity contribution >= 4 is 11.9 Å². The van der Waals surface area contributed by atoms with Gasteiger partial charge in [0.15, 0.2) is 11.5 Å². The average molecular weight is 330 g/mol. The molecule has 3 rings (SSSR count). The molecule has 0 amide bonds. The van der Waals surface area contributed by atoms with Crippen molar-refractivity contribution in [3.05, 3.63) is 59.2 Å². The van der Waals surface area contributed by atoms with Gasteiger partial charge in [0.1, 0.15) is 5.92 Å². The van der Waals surface area contributed by atoms with Crippen molar-refractivity contribution in [3.8, 4) is 11.5 Å². The van der Waals surface area contributed by atoms with E-state index in [0.29, 0.717) is 22.6 Å². The predicted octanol–water partition coefficient (Wildman–Crippen LogP) is 2.02. The lowest BCUT2D eigenvalue weighted by atomic mass is 9.88. The molecule has 2 unspecified atom stereocenters. The third kappa shape index (κ3) is 2.89. The smallest absolute Gasteiger partial charge is 0.335 e. The van der Waals surface area contributed by atoms with E-state index in [4.69, 9.17) is 14.6 Å². The Labute approximate surface area is 136 Å². The van der Waals surface area contributed by atoms with Gasteiger partial charge in [-0.2, -0.15) is 0 Å². The number of aromatic carboxylic acids is 1. The van der Waals surface area contributed by atoms with Gasteiger partial charge in [-0.3, -0.25) is 4.79 Å². The molecule has 1 aliphatic rings. The van der Waals surface area contributed by atoms with Crippen molar-refractivity contribution in [1.82, 2.24) is 0 Å². The van der Waals surface area contributed by atoms with Crippen molar-refractivity contribution in [2.75, 3.05) is 6.79 Å². The van der Waals surface area contributed by atoms with Crippen LogP contribution in [0.3, 0.4) is 0 Å². The molecule has 124 valence electrons. The Bertz CT molecular complexity index is 782. The van der Waals surface area contributed by atoms with Gasteiger partial charge in [0.25, 0.3) is 0 Å². The lowest BCUT2D eigenvalue weighted by Gasteiger charge is -2.20. The zero-order valence-electron chi connectivity index (χ0n) is 12.4. The Hall–Kier alpha value is -3.06. The fourth-order valence-corrected chi connectivity index (χ4v) is 2.58. The van der Waals surface area contributed by atoms with Crippen molar-refractivity contribution in [3.63, 3.8) is 0 Å². The molecule has 0 aliphatic carbocycles. The lowest BCUT2D eigenvalue weighted by molar-refractivity contribution is -0.141. The molecule has 24 heavy (non-hydrogen) atoms. The number of fused-ring (bicyclic) bond motifs is 1. The first-order valence-electron chi connectivity index (χ1n) is 7.11. The minimum atomic E-state index is -1.34. The van der Waals surface area contributed by atoms with Crippen LogP contribution in [0.25, 0.3) is 0 Å². The third-order valence-electron chi connectivity index (χ3n) is 3.84. The minimum absolute atomic E-state index is 0.0564. The standard InChI is InChI=1S/C17H14O7/c18-15(9-1-3-10(4-2-9)16(19)20)14(17(21)22)11-5-6-12-13(7-11)24-8-23-12/h1-7,14-15,18H,8H2,(H,19,20)(H,21,22).